The Morgan fingerprint density at radius 1 is 0.531 bits per heavy atom. The Morgan fingerprint density at radius 2 is 0.812 bits per heavy atom. The lowest BCUT2D eigenvalue weighted by Crippen LogP contribution is -2.45. The van der Waals surface area contributed by atoms with Crippen molar-refractivity contribution in [3.8, 4) is 17.2 Å². The van der Waals surface area contributed by atoms with Gasteiger partial charge in [-0.15, -0.1) is 0 Å². The fraction of sp³-hybridized carbons (Fsp3) is 0.333. The van der Waals surface area contributed by atoms with Gasteiger partial charge in [0.15, 0.2) is 6.29 Å². The third-order valence-electron chi connectivity index (χ3n) is 5.63. The molecule has 3 aromatic rings. The maximum atomic E-state index is 6.26. The molecule has 0 spiro atoms. The summed E-state index contributed by atoms with van der Waals surface area (Å²) in [5.41, 5.74) is 2.35. The summed E-state index contributed by atoms with van der Waals surface area (Å²) < 4.78 is 28.8. The molecule has 0 fully saturated rings. The van der Waals surface area contributed by atoms with Crippen LogP contribution in [0.15, 0.2) is 72.8 Å². The fourth-order valence-electron chi connectivity index (χ4n) is 4.07. The first-order valence-electron chi connectivity index (χ1n) is 10.8. The molecule has 5 heteroatoms. The first kappa shape index (κ1) is 23.6. The molecule has 0 atom stereocenters. The largest absolute Gasteiger partial charge is 0.497 e. The van der Waals surface area contributed by atoms with Crippen molar-refractivity contribution in [3.63, 3.8) is 0 Å². The lowest BCUT2D eigenvalue weighted by Gasteiger charge is -2.41. The molecule has 32 heavy (non-hydrogen) atoms. The first-order chi connectivity index (χ1) is 15.6. The summed E-state index contributed by atoms with van der Waals surface area (Å²) >= 11 is 0. The maximum Gasteiger partial charge on any atom is 0.175 e. The van der Waals surface area contributed by atoms with Crippen molar-refractivity contribution in [2.24, 2.45) is 0 Å². The number of rotatable bonds is 11. The average molecular weight is 437 g/mol. The van der Waals surface area contributed by atoms with Crippen molar-refractivity contribution < 1.29 is 23.7 Å². The van der Waals surface area contributed by atoms with E-state index in [0.29, 0.717) is 13.2 Å². The molecule has 0 unspecified atom stereocenters. The van der Waals surface area contributed by atoms with Gasteiger partial charge in [0.1, 0.15) is 17.2 Å². The van der Waals surface area contributed by atoms with E-state index >= 15 is 0 Å². The van der Waals surface area contributed by atoms with E-state index < -0.39 is 11.7 Å². The number of ether oxygens (including phenoxy) is 5. The molecule has 0 aliphatic carbocycles. The van der Waals surface area contributed by atoms with Crippen LogP contribution in [0.1, 0.15) is 30.5 Å². The molecular formula is C27H32O5. The van der Waals surface area contributed by atoms with Crippen LogP contribution in [0.3, 0.4) is 0 Å². The van der Waals surface area contributed by atoms with Gasteiger partial charge >= 0.3 is 0 Å². The highest BCUT2D eigenvalue weighted by atomic mass is 16.7. The summed E-state index contributed by atoms with van der Waals surface area (Å²) in [5.74, 6) is 2.37. The van der Waals surface area contributed by atoms with E-state index in [1.54, 1.807) is 21.3 Å². The summed E-state index contributed by atoms with van der Waals surface area (Å²) in [6.07, 6.45) is -0.562. The summed E-state index contributed by atoms with van der Waals surface area (Å²) in [6, 6.07) is 24.2. The van der Waals surface area contributed by atoms with Crippen LogP contribution in [0.4, 0.5) is 0 Å². The van der Waals surface area contributed by atoms with Gasteiger partial charge < -0.3 is 23.7 Å². The van der Waals surface area contributed by atoms with Gasteiger partial charge in [0, 0.05) is 13.2 Å². The minimum absolute atomic E-state index is 0.509. The van der Waals surface area contributed by atoms with E-state index in [0.717, 1.165) is 33.9 Å². The maximum absolute atomic E-state index is 6.26. The van der Waals surface area contributed by atoms with Crippen molar-refractivity contribution in [2.75, 3.05) is 34.5 Å². The van der Waals surface area contributed by atoms with E-state index in [4.69, 9.17) is 23.7 Å². The summed E-state index contributed by atoms with van der Waals surface area (Å²) in [7, 11) is 5.00. The zero-order valence-corrected chi connectivity index (χ0v) is 19.5. The smallest absolute Gasteiger partial charge is 0.175 e. The zero-order chi connectivity index (χ0) is 23.0. The van der Waals surface area contributed by atoms with Gasteiger partial charge in [-0.25, -0.2) is 0 Å². The van der Waals surface area contributed by atoms with Gasteiger partial charge in [-0.1, -0.05) is 36.4 Å². The number of benzene rings is 3. The van der Waals surface area contributed by atoms with Crippen molar-refractivity contribution >= 4 is 0 Å². The van der Waals surface area contributed by atoms with Gasteiger partial charge in [0.05, 0.1) is 26.7 Å². The van der Waals surface area contributed by atoms with Crippen LogP contribution in [-0.4, -0.2) is 40.8 Å². The normalized spacial score (nSPS) is 11.4. The summed E-state index contributed by atoms with van der Waals surface area (Å²) in [4.78, 5) is 0. The fourth-order valence-corrected chi connectivity index (χ4v) is 4.07. The molecule has 0 aliphatic rings. The highest BCUT2D eigenvalue weighted by Gasteiger charge is 2.45. The molecule has 0 radical (unpaired) electrons. The average Bonchev–Trinajstić information content (AvgIpc) is 2.86. The third kappa shape index (κ3) is 4.59. The quantitative estimate of drug-likeness (QED) is 0.296. The molecule has 5 nitrogen and oxygen atoms in total. The molecule has 0 saturated carbocycles. The van der Waals surface area contributed by atoms with Gasteiger partial charge in [0.2, 0.25) is 0 Å². The molecule has 0 saturated heterocycles. The van der Waals surface area contributed by atoms with Crippen LogP contribution in [0.2, 0.25) is 0 Å². The molecule has 3 rings (SSSR count). The second-order valence-electron chi connectivity index (χ2n) is 7.24. The highest BCUT2D eigenvalue weighted by Crippen LogP contribution is 2.45. The Labute approximate surface area is 190 Å². The third-order valence-corrected chi connectivity index (χ3v) is 5.63. The standard InChI is InChI=1S/C27H32O5/c1-6-31-26(32-7-2)27(20-8-14-23(28-3)15-9-20,21-10-16-24(29-4)17-11-21)22-12-18-25(30-5)19-13-22/h8-19,26H,6-7H2,1-5H3. The molecule has 3 aromatic carbocycles. The molecule has 0 heterocycles. The van der Waals surface area contributed by atoms with Crippen LogP contribution in [0, 0.1) is 0 Å². The molecule has 0 aromatic heterocycles. The molecule has 0 N–H and O–H groups in total. The van der Waals surface area contributed by atoms with E-state index in [1.807, 2.05) is 50.2 Å². The molecule has 170 valence electrons. The van der Waals surface area contributed by atoms with Crippen molar-refractivity contribution in [1.29, 1.82) is 0 Å². The van der Waals surface area contributed by atoms with Crippen LogP contribution in [-0.2, 0) is 14.9 Å². The minimum Gasteiger partial charge on any atom is -0.497 e. The summed E-state index contributed by atoms with van der Waals surface area (Å²) in [5, 5.41) is 0. The first-order valence-corrected chi connectivity index (χ1v) is 10.8. The Balaban J connectivity index is 2.35. The molecule has 0 aliphatic heterocycles. The number of hydrogen-bond acceptors (Lipinski definition) is 5. The van der Waals surface area contributed by atoms with Crippen molar-refractivity contribution in [3.05, 3.63) is 89.5 Å². The predicted octanol–water partition coefficient (Wildman–Crippen LogP) is 5.45. The second kappa shape index (κ2) is 11.0. The zero-order valence-electron chi connectivity index (χ0n) is 19.5. The van der Waals surface area contributed by atoms with Crippen LogP contribution >= 0.6 is 0 Å². The molecular weight excluding hydrogens is 404 g/mol. The summed E-state index contributed by atoms with van der Waals surface area (Å²) in [6.45, 7) is 4.98. The molecule has 0 bridgehead atoms. The van der Waals surface area contributed by atoms with E-state index in [9.17, 15) is 0 Å². The van der Waals surface area contributed by atoms with E-state index in [1.165, 1.54) is 0 Å². The predicted molar refractivity (Wildman–Crippen MR) is 126 cm³/mol. The Morgan fingerprint density at radius 3 is 1.03 bits per heavy atom. The lowest BCUT2D eigenvalue weighted by molar-refractivity contribution is -0.161. The highest BCUT2D eigenvalue weighted by molar-refractivity contribution is 5.54. The lowest BCUT2D eigenvalue weighted by atomic mass is 9.68. The topological polar surface area (TPSA) is 46.2 Å². The Hall–Kier alpha value is -3.02. The van der Waals surface area contributed by atoms with Crippen molar-refractivity contribution in [2.45, 2.75) is 25.6 Å². The van der Waals surface area contributed by atoms with Gasteiger partial charge in [-0.2, -0.15) is 0 Å². The number of methoxy groups -OCH3 is 3. The number of hydrogen-bond donors (Lipinski definition) is 0. The van der Waals surface area contributed by atoms with Crippen LogP contribution < -0.4 is 14.2 Å². The van der Waals surface area contributed by atoms with Crippen LogP contribution in [0.5, 0.6) is 17.2 Å². The SMILES string of the molecule is CCOC(OCC)C(c1ccc(OC)cc1)(c1ccc(OC)cc1)c1ccc(OC)cc1. The minimum atomic E-state index is -0.739. The van der Waals surface area contributed by atoms with Gasteiger partial charge in [-0.3, -0.25) is 0 Å². The molecule has 0 amide bonds. The van der Waals surface area contributed by atoms with Gasteiger partial charge in [-0.05, 0) is 66.9 Å². The van der Waals surface area contributed by atoms with Gasteiger partial charge in [0.25, 0.3) is 0 Å². The van der Waals surface area contributed by atoms with E-state index in [-0.39, 0.29) is 0 Å². The monoisotopic (exact) mass is 436 g/mol. The second-order valence-corrected chi connectivity index (χ2v) is 7.24. The van der Waals surface area contributed by atoms with E-state index in [2.05, 4.69) is 36.4 Å². The van der Waals surface area contributed by atoms with Crippen molar-refractivity contribution in [1.82, 2.24) is 0 Å². The Bertz CT molecular complexity index is 827. The van der Waals surface area contributed by atoms with Crippen LogP contribution in [0.25, 0.3) is 0 Å². The Kier molecular flexibility index (Phi) is 8.14.